The van der Waals surface area contributed by atoms with Crippen molar-refractivity contribution >= 4 is 0 Å². The first kappa shape index (κ1) is 14.8. The highest BCUT2D eigenvalue weighted by Crippen LogP contribution is 2.34. The zero-order chi connectivity index (χ0) is 13.9. The van der Waals surface area contributed by atoms with E-state index in [0.717, 1.165) is 0 Å². The normalized spacial score (nSPS) is 15.1. The van der Waals surface area contributed by atoms with E-state index in [-0.39, 0.29) is 0 Å². The minimum Gasteiger partial charge on any atom is -0.493 e. The van der Waals surface area contributed by atoms with Crippen molar-refractivity contribution in [3.8, 4) is 11.5 Å². The first-order valence-corrected chi connectivity index (χ1v) is 5.89. The summed E-state index contributed by atoms with van der Waals surface area (Å²) in [6.45, 7) is 5.63. The van der Waals surface area contributed by atoms with Crippen molar-refractivity contribution in [2.24, 2.45) is 5.41 Å². The van der Waals surface area contributed by atoms with Gasteiger partial charge in [-0.25, -0.2) is 0 Å². The van der Waals surface area contributed by atoms with Crippen molar-refractivity contribution in [1.29, 1.82) is 0 Å². The maximum absolute atomic E-state index is 10.2. The Balaban J connectivity index is 3.03. The van der Waals surface area contributed by atoms with Gasteiger partial charge in [-0.05, 0) is 23.1 Å². The number of rotatable bonds is 4. The van der Waals surface area contributed by atoms with Gasteiger partial charge in [0.25, 0.3) is 0 Å². The summed E-state index contributed by atoms with van der Waals surface area (Å²) >= 11 is 0. The molecule has 0 amide bonds. The molecule has 102 valence electrons. The van der Waals surface area contributed by atoms with Crippen molar-refractivity contribution in [3.63, 3.8) is 0 Å². The molecule has 0 fully saturated rings. The molecule has 1 aromatic rings. The van der Waals surface area contributed by atoms with E-state index < -0.39 is 17.6 Å². The van der Waals surface area contributed by atoms with Crippen LogP contribution in [0.2, 0.25) is 0 Å². The third-order valence-electron chi connectivity index (χ3n) is 2.94. The van der Waals surface area contributed by atoms with E-state index in [9.17, 15) is 10.2 Å². The van der Waals surface area contributed by atoms with Gasteiger partial charge in [0.15, 0.2) is 11.5 Å². The SMILES string of the molecule is COc1ccc(C(O)C(O)C(C)(C)C)cc1OC. The Morgan fingerprint density at radius 2 is 1.56 bits per heavy atom. The number of methoxy groups -OCH3 is 2. The molecule has 0 spiro atoms. The Labute approximate surface area is 108 Å². The summed E-state index contributed by atoms with van der Waals surface area (Å²) in [7, 11) is 3.09. The van der Waals surface area contributed by atoms with Crippen LogP contribution in [0.4, 0.5) is 0 Å². The largest absolute Gasteiger partial charge is 0.493 e. The molecule has 1 rings (SSSR count). The van der Waals surface area contributed by atoms with E-state index in [1.807, 2.05) is 20.8 Å². The Morgan fingerprint density at radius 3 is 2.00 bits per heavy atom. The van der Waals surface area contributed by atoms with Gasteiger partial charge >= 0.3 is 0 Å². The molecule has 1 aromatic carbocycles. The Bertz CT molecular complexity index is 395. The predicted molar refractivity (Wildman–Crippen MR) is 70.0 cm³/mol. The van der Waals surface area contributed by atoms with E-state index in [1.165, 1.54) is 7.11 Å². The highest BCUT2D eigenvalue weighted by molar-refractivity contribution is 5.43. The molecule has 2 unspecified atom stereocenters. The number of hydrogen-bond donors (Lipinski definition) is 2. The van der Waals surface area contributed by atoms with Crippen molar-refractivity contribution in [2.75, 3.05) is 14.2 Å². The van der Waals surface area contributed by atoms with Crippen molar-refractivity contribution in [1.82, 2.24) is 0 Å². The minimum absolute atomic E-state index is 0.396. The second-order valence-corrected chi connectivity index (χ2v) is 5.37. The van der Waals surface area contributed by atoms with E-state index in [1.54, 1.807) is 25.3 Å². The lowest BCUT2D eigenvalue weighted by Gasteiger charge is -2.30. The lowest BCUT2D eigenvalue weighted by Crippen LogP contribution is -2.32. The second-order valence-electron chi connectivity index (χ2n) is 5.37. The van der Waals surface area contributed by atoms with Crippen LogP contribution in [0, 0.1) is 5.41 Å². The number of ether oxygens (including phenoxy) is 2. The van der Waals surface area contributed by atoms with Gasteiger partial charge in [-0.3, -0.25) is 0 Å². The molecule has 0 saturated heterocycles. The summed E-state index contributed by atoms with van der Waals surface area (Å²) in [4.78, 5) is 0. The standard InChI is InChI=1S/C14H22O4/c1-14(2,3)13(16)12(15)9-6-7-10(17-4)11(8-9)18-5/h6-8,12-13,15-16H,1-5H3. The number of aliphatic hydroxyl groups excluding tert-OH is 2. The van der Waals surface area contributed by atoms with Crippen molar-refractivity contribution in [3.05, 3.63) is 23.8 Å². The molecule has 4 nitrogen and oxygen atoms in total. The molecule has 0 heterocycles. The monoisotopic (exact) mass is 254 g/mol. The molecule has 0 aliphatic heterocycles. The summed E-state index contributed by atoms with van der Waals surface area (Å²) in [5, 5.41) is 20.2. The third kappa shape index (κ3) is 3.15. The zero-order valence-corrected chi connectivity index (χ0v) is 11.6. The van der Waals surface area contributed by atoms with Gasteiger partial charge in [0.2, 0.25) is 0 Å². The van der Waals surface area contributed by atoms with Gasteiger partial charge in [-0.1, -0.05) is 26.8 Å². The minimum atomic E-state index is -0.954. The van der Waals surface area contributed by atoms with Gasteiger partial charge in [-0.15, -0.1) is 0 Å². The van der Waals surface area contributed by atoms with Crippen LogP contribution < -0.4 is 9.47 Å². The summed E-state index contributed by atoms with van der Waals surface area (Å²) in [5.41, 5.74) is 0.210. The van der Waals surface area contributed by atoms with E-state index in [2.05, 4.69) is 0 Å². The molecular formula is C14H22O4. The average molecular weight is 254 g/mol. The van der Waals surface area contributed by atoms with Crippen LogP contribution in [0.15, 0.2) is 18.2 Å². The van der Waals surface area contributed by atoms with Crippen LogP contribution >= 0.6 is 0 Å². The molecule has 0 aromatic heterocycles. The smallest absolute Gasteiger partial charge is 0.161 e. The molecule has 0 bridgehead atoms. The van der Waals surface area contributed by atoms with Crippen LogP contribution in [-0.4, -0.2) is 30.5 Å². The number of benzene rings is 1. The summed E-state index contributed by atoms with van der Waals surface area (Å²) < 4.78 is 10.3. The molecule has 0 radical (unpaired) electrons. The summed E-state index contributed by atoms with van der Waals surface area (Å²) in [6, 6.07) is 5.12. The van der Waals surface area contributed by atoms with Crippen LogP contribution in [-0.2, 0) is 0 Å². The van der Waals surface area contributed by atoms with Gasteiger partial charge in [0.05, 0.1) is 20.3 Å². The topological polar surface area (TPSA) is 58.9 Å². The zero-order valence-electron chi connectivity index (χ0n) is 11.6. The molecule has 0 aliphatic carbocycles. The fraction of sp³-hybridized carbons (Fsp3) is 0.571. The van der Waals surface area contributed by atoms with Gasteiger partial charge in [-0.2, -0.15) is 0 Å². The van der Waals surface area contributed by atoms with Gasteiger partial charge in [0, 0.05) is 0 Å². The van der Waals surface area contributed by atoms with E-state index in [4.69, 9.17) is 9.47 Å². The summed E-state index contributed by atoms with van der Waals surface area (Å²) in [5.74, 6) is 1.13. The fourth-order valence-electron chi connectivity index (χ4n) is 1.69. The lowest BCUT2D eigenvalue weighted by molar-refractivity contribution is -0.0459. The molecule has 2 atom stereocenters. The Kier molecular flexibility index (Phi) is 4.59. The van der Waals surface area contributed by atoms with E-state index in [0.29, 0.717) is 17.1 Å². The molecule has 0 aliphatic rings. The highest BCUT2D eigenvalue weighted by Gasteiger charge is 2.30. The van der Waals surface area contributed by atoms with Crippen LogP contribution in [0.3, 0.4) is 0 Å². The molecule has 18 heavy (non-hydrogen) atoms. The van der Waals surface area contributed by atoms with Crippen molar-refractivity contribution < 1.29 is 19.7 Å². The maximum Gasteiger partial charge on any atom is 0.161 e. The quantitative estimate of drug-likeness (QED) is 0.864. The van der Waals surface area contributed by atoms with Gasteiger partial charge in [0.1, 0.15) is 6.10 Å². The van der Waals surface area contributed by atoms with Crippen molar-refractivity contribution in [2.45, 2.75) is 33.0 Å². The first-order chi connectivity index (χ1) is 8.31. The van der Waals surface area contributed by atoms with E-state index >= 15 is 0 Å². The molecule has 2 N–H and O–H groups in total. The number of hydrogen-bond acceptors (Lipinski definition) is 4. The fourth-order valence-corrected chi connectivity index (χ4v) is 1.69. The first-order valence-electron chi connectivity index (χ1n) is 5.89. The predicted octanol–water partition coefficient (Wildman–Crippen LogP) is 2.14. The maximum atomic E-state index is 10.2. The number of aliphatic hydroxyl groups is 2. The molecule has 0 saturated carbocycles. The average Bonchev–Trinajstić information content (AvgIpc) is 2.34. The summed E-state index contributed by atoms with van der Waals surface area (Å²) in [6.07, 6.45) is -1.81. The lowest BCUT2D eigenvalue weighted by atomic mass is 9.83. The van der Waals surface area contributed by atoms with Crippen LogP contribution in [0.1, 0.15) is 32.4 Å². The van der Waals surface area contributed by atoms with Crippen LogP contribution in [0.5, 0.6) is 11.5 Å². The third-order valence-corrected chi connectivity index (χ3v) is 2.94. The molecular weight excluding hydrogens is 232 g/mol. The second kappa shape index (κ2) is 5.59. The molecule has 4 heteroatoms. The Hall–Kier alpha value is -1.26. The Morgan fingerprint density at radius 1 is 1.00 bits per heavy atom. The van der Waals surface area contributed by atoms with Gasteiger partial charge < -0.3 is 19.7 Å². The van der Waals surface area contributed by atoms with Crippen LogP contribution in [0.25, 0.3) is 0 Å². The highest BCUT2D eigenvalue weighted by atomic mass is 16.5.